The molecule has 0 saturated heterocycles. The minimum absolute atomic E-state index is 0.230. The van der Waals surface area contributed by atoms with Gasteiger partial charge in [-0.1, -0.05) is 48.0 Å². The van der Waals surface area contributed by atoms with Crippen LogP contribution >= 0.6 is 0 Å². The van der Waals surface area contributed by atoms with Crippen molar-refractivity contribution in [2.75, 3.05) is 0 Å². The van der Waals surface area contributed by atoms with Crippen molar-refractivity contribution in [2.45, 2.75) is 22.6 Å². The van der Waals surface area contributed by atoms with Crippen LogP contribution in [0.25, 0.3) is 16.8 Å². The summed E-state index contributed by atoms with van der Waals surface area (Å²) in [6.45, 7) is 2.20. The molecule has 3 rings (SSSR count). The molecule has 0 atom stereocenters. The number of hydrogen-bond donors (Lipinski definition) is 0. The van der Waals surface area contributed by atoms with Gasteiger partial charge in [0.15, 0.2) is 0 Å². The van der Waals surface area contributed by atoms with Gasteiger partial charge in [-0.3, -0.25) is 0 Å². The number of fused-ring (bicyclic) bond motifs is 3. The standard InChI is InChI=1S/C14H12.2CH3.Zr/c1-10-8-12-7-6-11-4-2-3-5-13(11)14(12)9-10;;;/h2-8H,9H2,1H3;2*1H3;. The zero-order valence-corrected chi connectivity index (χ0v) is 13.2. The van der Waals surface area contributed by atoms with E-state index in [4.69, 9.17) is 0 Å². The molecule has 0 bridgehead atoms. The first-order valence-corrected chi connectivity index (χ1v) is 10.9. The molecule has 17 heavy (non-hydrogen) atoms. The molecule has 2 aromatic rings. The molecular weight excluding hydrogens is 283 g/mol. The van der Waals surface area contributed by atoms with E-state index in [1.165, 1.54) is 27.5 Å². The van der Waals surface area contributed by atoms with Crippen molar-refractivity contribution in [3.8, 4) is 0 Å². The summed E-state index contributed by atoms with van der Waals surface area (Å²) in [5.41, 5.74) is 4.37. The quantitative estimate of drug-likeness (QED) is 0.645. The maximum atomic E-state index is 2.30. The Morgan fingerprint density at radius 1 is 1.00 bits per heavy atom. The molecule has 0 unspecified atom stereocenters. The third-order valence-corrected chi connectivity index (χ3v) is 2.93. The van der Waals surface area contributed by atoms with Gasteiger partial charge in [0.25, 0.3) is 0 Å². The monoisotopic (exact) mass is 300 g/mol. The first-order valence-electron chi connectivity index (χ1n) is 6.02. The van der Waals surface area contributed by atoms with Gasteiger partial charge in [-0.25, -0.2) is 0 Å². The van der Waals surface area contributed by atoms with E-state index in [0.717, 1.165) is 6.42 Å². The summed E-state index contributed by atoms with van der Waals surface area (Å²) in [6, 6.07) is 13.1. The summed E-state index contributed by atoms with van der Waals surface area (Å²) in [4.78, 5) is 0. The van der Waals surface area contributed by atoms with Gasteiger partial charge in [0, 0.05) is 0 Å². The predicted molar refractivity (Wildman–Crippen MR) is 73.0 cm³/mol. The van der Waals surface area contributed by atoms with Crippen molar-refractivity contribution < 1.29 is 23.2 Å². The van der Waals surface area contributed by atoms with Crippen LogP contribution in [0.15, 0.2) is 42.0 Å². The molecule has 0 fully saturated rings. The van der Waals surface area contributed by atoms with Crippen LogP contribution in [0.5, 0.6) is 0 Å². The van der Waals surface area contributed by atoms with E-state index in [0.29, 0.717) is 0 Å². The van der Waals surface area contributed by atoms with Crippen molar-refractivity contribution in [1.82, 2.24) is 0 Å². The van der Waals surface area contributed by atoms with Crippen LogP contribution in [0, 0.1) is 0 Å². The number of allylic oxidation sites excluding steroid dienone is 1. The molecule has 0 aromatic heterocycles. The Labute approximate surface area is 115 Å². The SMILES string of the molecule is CC1=Cc2ccc3ccccc3c2C1.[CH3][Zr][CH3]. The van der Waals surface area contributed by atoms with Crippen LogP contribution in [0.4, 0.5) is 0 Å². The summed E-state index contributed by atoms with van der Waals surface area (Å²) < 4.78 is 4.59. The Balaban J connectivity index is 0.000000329. The van der Waals surface area contributed by atoms with Gasteiger partial charge >= 0.3 is 32.5 Å². The zero-order chi connectivity index (χ0) is 12.3. The Morgan fingerprint density at radius 3 is 2.47 bits per heavy atom. The Bertz CT molecular complexity index is 552. The molecule has 1 aliphatic carbocycles. The third kappa shape index (κ3) is 2.77. The molecular formula is C16H18Zr. The first kappa shape index (κ1) is 12.8. The van der Waals surface area contributed by atoms with E-state index < -0.39 is 0 Å². The summed E-state index contributed by atoms with van der Waals surface area (Å²) >= 11 is 0.230. The number of benzene rings is 2. The summed E-state index contributed by atoms with van der Waals surface area (Å²) in [7, 11) is 0. The van der Waals surface area contributed by atoms with Gasteiger partial charge in [0.1, 0.15) is 0 Å². The zero-order valence-electron chi connectivity index (χ0n) is 10.7. The average molecular weight is 302 g/mol. The third-order valence-electron chi connectivity index (χ3n) is 2.93. The van der Waals surface area contributed by atoms with E-state index in [-0.39, 0.29) is 23.2 Å². The van der Waals surface area contributed by atoms with Crippen molar-refractivity contribution in [3.63, 3.8) is 0 Å². The first-order chi connectivity index (χ1) is 8.26. The molecule has 0 aliphatic heterocycles. The fourth-order valence-electron chi connectivity index (χ4n) is 2.28. The van der Waals surface area contributed by atoms with Gasteiger partial charge in [-0.2, -0.15) is 0 Å². The summed E-state index contributed by atoms with van der Waals surface area (Å²) in [5, 5.41) is 2.77. The molecule has 0 N–H and O–H groups in total. The van der Waals surface area contributed by atoms with E-state index >= 15 is 0 Å². The molecule has 1 heteroatoms. The summed E-state index contributed by atoms with van der Waals surface area (Å²) in [6.07, 6.45) is 3.42. The molecule has 0 spiro atoms. The Morgan fingerprint density at radius 2 is 1.71 bits per heavy atom. The Kier molecular flexibility index (Phi) is 4.34. The van der Waals surface area contributed by atoms with Crippen LogP contribution < -0.4 is 0 Å². The molecule has 1 aliphatic rings. The van der Waals surface area contributed by atoms with Crippen LogP contribution in [-0.2, 0) is 29.7 Å². The number of rotatable bonds is 0. The van der Waals surface area contributed by atoms with E-state index in [1.807, 2.05) is 0 Å². The van der Waals surface area contributed by atoms with Crippen LogP contribution in [-0.4, -0.2) is 0 Å². The molecule has 0 nitrogen and oxygen atoms in total. The molecule has 0 saturated carbocycles. The fraction of sp³-hybridized carbons (Fsp3) is 0.250. The fourth-order valence-corrected chi connectivity index (χ4v) is 2.28. The van der Waals surface area contributed by atoms with Crippen molar-refractivity contribution in [1.29, 1.82) is 0 Å². The van der Waals surface area contributed by atoms with E-state index in [1.54, 1.807) is 0 Å². The second kappa shape index (κ2) is 5.78. The van der Waals surface area contributed by atoms with Gasteiger partial charge in [-0.15, -0.1) is 0 Å². The molecule has 0 radical (unpaired) electrons. The van der Waals surface area contributed by atoms with Crippen molar-refractivity contribution in [3.05, 3.63) is 53.1 Å². The Hall–Kier alpha value is -0.677. The molecule has 0 amide bonds. The molecule has 0 heterocycles. The summed E-state index contributed by atoms with van der Waals surface area (Å²) in [5.74, 6) is 0. The van der Waals surface area contributed by atoms with Crippen molar-refractivity contribution >= 4 is 16.8 Å². The van der Waals surface area contributed by atoms with Gasteiger partial charge < -0.3 is 0 Å². The van der Waals surface area contributed by atoms with Gasteiger partial charge in [0.05, 0.1) is 0 Å². The predicted octanol–water partition coefficient (Wildman–Crippen LogP) is 4.96. The topological polar surface area (TPSA) is 0 Å². The molecule has 2 aromatic carbocycles. The second-order valence-electron chi connectivity index (χ2n) is 4.52. The molecule has 86 valence electrons. The van der Waals surface area contributed by atoms with E-state index in [2.05, 4.69) is 58.7 Å². The number of hydrogen-bond acceptors (Lipinski definition) is 0. The second-order valence-corrected chi connectivity index (χ2v) is 6.98. The maximum absolute atomic E-state index is 2.30. The van der Waals surface area contributed by atoms with Crippen LogP contribution in [0.3, 0.4) is 0 Å². The van der Waals surface area contributed by atoms with E-state index in [9.17, 15) is 0 Å². The van der Waals surface area contributed by atoms with Gasteiger partial charge in [-0.05, 0) is 35.2 Å². The van der Waals surface area contributed by atoms with Crippen LogP contribution in [0.2, 0.25) is 9.26 Å². The average Bonchev–Trinajstić information content (AvgIpc) is 2.71. The normalized spacial score (nSPS) is 12.5. The van der Waals surface area contributed by atoms with Crippen LogP contribution in [0.1, 0.15) is 18.1 Å². The van der Waals surface area contributed by atoms with Crippen molar-refractivity contribution in [2.24, 2.45) is 0 Å². The minimum atomic E-state index is 0.230. The van der Waals surface area contributed by atoms with Gasteiger partial charge in [0.2, 0.25) is 0 Å².